The SMILES string of the molecule is NCC1(c2ccc(OC3CCOCC3)cc2)CCC1. The maximum Gasteiger partial charge on any atom is 0.119 e. The van der Waals surface area contributed by atoms with Crippen molar-refractivity contribution in [2.75, 3.05) is 19.8 Å². The van der Waals surface area contributed by atoms with Crippen LogP contribution in [0.25, 0.3) is 0 Å². The van der Waals surface area contributed by atoms with Crippen LogP contribution < -0.4 is 10.5 Å². The summed E-state index contributed by atoms with van der Waals surface area (Å²) in [6.45, 7) is 2.39. The molecule has 0 spiro atoms. The Labute approximate surface area is 115 Å². The summed E-state index contributed by atoms with van der Waals surface area (Å²) >= 11 is 0. The van der Waals surface area contributed by atoms with Gasteiger partial charge in [0.2, 0.25) is 0 Å². The number of benzene rings is 1. The first kappa shape index (κ1) is 12.9. The number of nitrogens with two attached hydrogens (primary N) is 1. The van der Waals surface area contributed by atoms with Gasteiger partial charge in [0, 0.05) is 24.8 Å². The fraction of sp³-hybridized carbons (Fsp3) is 0.625. The van der Waals surface area contributed by atoms with Crippen LogP contribution in [0.3, 0.4) is 0 Å². The molecule has 0 unspecified atom stereocenters. The molecule has 1 saturated carbocycles. The summed E-state index contributed by atoms with van der Waals surface area (Å²) in [5, 5.41) is 0. The fourth-order valence-corrected chi connectivity index (χ4v) is 3.09. The van der Waals surface area contributed by atoms with Gasteiger partial charge in [-0.25, -0.2) is 0 Å². The maximum absolute atomic E-state index is 6.00. The Morgan fingerprint density at radius 1 is 1.16 bits per heavy atom. The van der Waals surface area contributed by atoms with E-state index in [2.05, 4.69) is 24.3 Å². The van der Waals surface area contributed by atoms with E-state index in [9.17, 15) is 0 Å². The van der Waals surface area contributed by atoms with Crippen molar-refractivity contribution in [3.05, 3.63) is 29.8 Å². The molecule has 1 aromatic rings. The van der Waals surface area contributed by atoms with Crippen molar-refractivity contribution in [1.82, 2.24) is 0 Å². The van der Waals surface area contributed by atoms with Gasteiger partial charge in [-0.15, -0.1) is 0 Å². The van der Waals surface area contributed by atoms with Gasteiger partial charge < -0.3 is 15.2 Å². The topological polar surface area (TPSA) is 44.5 Å². The first-order valence-corrected chi connectivity index (χ1v) is 7.37. The first-order chi connectivity index (χ1) is 9.32. The second-order valence-electron chi connectivity index (χ2n) is 5.79. The average molecular weight is 261 g/mol. The number of ether oxygens (including phenoxy) is 2. The molecule has 1 aromatic carbocycles. The molecular weight excluding hydrogens is 238 g/mol. The van der Waals surface area contributed by atoms with Crippen molar-refractivity contribution in [3.8, 4) is 5.75 Å². The second kappa shape index (κ2) is 5.51. The van der Waals surface area contributed by atoms with Crippen molar-refractivity contribution in [2.24, 2.45) is 5.73 Å². The zero-order chi connectivity index (χ0) is 13.1. The van der Waals surface area contributed by atoms with Gasteiger partial charge in [0.25, 0.3) is 0 Å². The van der Waals surface area contributed by atoms with Crippen molar-refractivity contribution >= 4 is 0 Å². The Morgan fingerprint density at radius 2 is 1.84 bits per heavy atom. The van der Waals surface area contributed by atoms with E-state index < -0.39 is 0 Å². The van der Waals surface area contributed by atoms with Crippen LogP contribution in [0, 0.1) is 0 Å². The molecule has 3 rings (SSSR count). The molecule has 1 aliphatic carbocycles. The quantitative estimate of drug-likeness (QED) is 0.906. The van der Waals surface area contributed by atoms with Gasteiger partial charge >= 0.3 is 0 Å². The Balaban J connectivity index is 1.65. The molecule has 1 aliphatic heterocycles. The molecular formula is C16H23NO2. The second-order valence-corrected chi connectivity index (χ2v) is 5.79. The molecule has 2 aliphatic rings. The molecule has 3 heteroatoms. The van der Waals surface area contributed by atoms with Gasteiger partial charge in [0.15, 0.2) is 0 Å². The Hall–Kier alpha value is -1.06. The summed E-state index contributed by atoms with van der Waals surface area (Å²) in [5.74, 6) is 0.974. The van der Waals surface area contributed by atoms with E-state index in [4.69, 9.17) is 15.2 Å². The zero-order valence-electron chi connectivity index (χ0n) is 11.4. The number of hydrogen-bond donors (Lipinski definition) is 1. The number of rotatable bonds is 4. The highest BCUT2D eigenvalue weighted by molar-refractivity contribution is 5.34. The first-order valence-electron chi connectivity index (χ1n) is 7.37. The lowest BCUT2D eigenvalue weighted by Crippen LogP contribution is -2.41. The van der Waals surface area contributed by atoms with Crippen LogP contribution >= 0.6 is 0 Å². The van der Waals surface area contributed by atoms with Crippen LogP contribution in [0.2, 0.25) is 0 Å². The smallest absolute Gasteiger partial charge is 0.119 e. The predicted octanol–water partition coefficient (Wildman–Crippen LogP) is 2.62. The fourth-order valence-electron chi connectivity index (χ4n) is 3.09. The number of hydrogen-bond acceptors (Lipinski definition) is 3. The van der Waals surface area contributed by atoms with Gasteiger partial charge in [-0.2, -0.15) is 0 Å². The summed E-state index contributed by atoms with van der Waals surface area (Å²) in [7, 11) is 0. The van der Waals surface area contributed by atoms with E-state index in [0.29, 0.717) is 6.10 Å². The summed E-state index contributed by atoms with van der Waals surface area (Å²) < 4.78 is 11.3. The third-order valence-corrected chi connectivity index (χ3v) is 4.64. The Morgan fingerprint density at radius 3 is 2.37 bits per heavy atom. The Bertz CT molecular complexity index is 400. The minimum atomic E-state index is 0.247. The Kier molecular flexibility index (Phi) is 3.76. The molecule has 2 N–H and O–H groups in total. The van der Waals surface area contributed by atoms with Gasteiger partial charge in [0.1, 0.15) is 11.9 Å². The van der Waals surface area contributed by atoms with Crippen LogP contribution in [-0.2, 0) is 10.2 Å². The monoisotopic (exact) mass is 261 g/mol. The highest BCUT2D eigenvalue weighted by Crippen LogP contribution is 2.43. The van der Waals surface area contributed by atoms with E-state index >= 15 is 0 Å². The average Bonchev–Trinajstić information content (AvgIpc) is 2.41. The van der Waals surface area contributed by atoms with Crippen LogP contribution in [0.4, 0.5) is 0 Å². The molecule has 0 radical (unpaired) electrons. The van der Waals surface area contributed by atoms with E-state index in [0.717, 1.165) is 38.3 Å². The minimum Gasteiger partial charge on any atom is -0.490 e. The highest BCUT2D eigenvalue weighted by Gasteiger charge is 2.37. The summed E-state index contributed by atoms with van der Waals surface area (Å²) in [6, 6.07) is 8.59. The summed E-state index contributed by atoms with van der Waals surface area (Å²) in [4.78, 5) is 0. The maximum atomic E-state index is 6.00. The molecule has 1 saturated heterocycles. The molecule has 0 bridgehead atoms. The molecule has 1 heterocycles. The molecule has 3 nitrogen and oxygen atoms in total. The van der Waals surface area contributed by atoms with Crippen molar-refractivity contribution in [2.45, 2.75) is 43.6 Å². The summed E-state index contributed by atoms with van der Waals surface area (Å²) in [5.41, 5.74) is 7.57. The van der Waals surface area contributed by atoms with Crippen LogP contribution in [0.1, 0.15) is 37.7 Å². The lowest BCUT2D eigenvalue weighted by atomic mass is 9.64. The molecule has 19 heavy (non-hydrogen) atoms. The largest absolute Gasteiger partial charge is 0.490 e. The van der Waals surface area contributed by atoms with Crippen molar-refractivity contribution in [3.63, 3.8) is 0 Å². The van der Waals surface area contributed by atoms with Crippen molar-refractivity contribution < 1.29 is 9.47 Å². The third-order valence-electron chi connectivity index (χ3n) is 4.64. The predicted molar refractivity (Wildman–Crippen MR) is 75.5 cm³/mol. The van der Waals surface area contributed by atoms with Crippen LogP contribution in [-0.4, -0.2) is 25.9 Å². The van der Waals surface area contributed by atoms with Gasteiger partial charge in [-0.05, 0) is 30.5 Å². The molecule has 0 amide bonds. The van der Waals surface area contributed by atoms with Crippen LogP contribution in [0.5, 0.6) is 5.75 Å². The zero-order valence-corrected chi connectivity index (χ0v) is 11.4. The highest BCUT2D eigenvalue weighted by atomic mass is 16.5. The normalized spacial score (nSPS) is 22.8. The van der Waals surface area contributed by atoms with E-state index in [1.807, 2.05) is 0 Å². The standard InChI is InChI=1S/C16H23NO2/c17-12-16(8-1-9-16)13-2-4-14(5-3-13)19-15-6-10-18-11-7-15/h2-5,15H,1,6-12,17H2. The molecule has 2 fully saturated rings. The third kappa shape index (κ3) is 2.63. The van der Waals surface area contributed by atoms with Gasteiger partial charge in [-0.3, -0.25) is 0 Å². The van der Waals surface area contributed by atoms with E-state index in [1.54, 1.807) is 0 Å². The van der Waals surface area contributed by atoms with Gasteiger partial charge in [0.05, 0.1) is 13.2 Å². The van der Waals surface area contributed by atoms with E-state index in [1.165, 1.54) is 24.8 Å². The lowest BCUT2D eigenvalue weighted by molar-refractivity contribution is 0.0255. The summed E-state index contributed by atoms with van der Waals surface area (Å²) in [6.07, 6.45) is 6.06. The molecule has 0 atom stereocenters. The lowest BCUT2D eigenvalue weighted by Gasteiger charge is -2.41. The van der Waals surface area contributed by atoms with Crippen molar-refractivity contribution in [1.29, 1.82) is 0 Å². The minimum absolute atomic E-state index is 0.247. The van der Waals surface area contributed by atoms with E-state index in [-0.39, 0.29) is 5.41 Å². The van der Waals surface area contributed by atoms with Gasteiger partial charge in [-0.1, -0.05) is 18.6 Å². The molecule has 104 valence electrons. The molecule has 0 aromatic heterocycles. The van der Waals surface area contributed by atoms with Crippen LogP contribution in [0.15, 0.2) is 24.3 Å².